The maximum Gasteiger partial charge on any atom is 0.371 e. The van der Waals surface area contributed by atoms with E-state index in [1.807, 2.05) is 13.0 Å². The van der Waals surface area contributed by atoms with Crippen molar-refractivity contribution in [3.8, 4) is 11.5 Å². The number of halogens is 1. The SMILES string of the molecule is CCOc1cc(C=C2C(=O)NC(=S)N(c3ccc(Br)cc3C)C2=O)ccc1OCc1ccc(C(=O)O)o1. The predicted molar refractivity (Wildman–Crippen MR) is 143 cm³/mol. The number of ether oxygens (including phenoxy) is 2. The summed E-state index contributed by atoms with van der Waals surface area (Å²) in [5, 5.41) is 11.6. The molecule has 0 atom stereocenters. The van der Waals surface area contributed by atoms with Crippen molar-refractivity contribution in [2.24, 2.45) is 0 Å². The summed E-state index contributed by atoms with van der Waals surface area (Å²) < 4.78 is 17.5. The van der Waals surface area contributed by atoms with E-state index >= 15 is 0 Å². The summed E-state index contributed by atoms with van der Waals surface area (Å²) in [5.74, 6) is -1.43. The standard InChI is InChI=1S/C26H21BrN2O7S/c1-3-34-22-12-15(4-8-20(22)35-13-17-6-9-21(36-17)25(32)33)11-18-23(30)28-26(37)29(24(18)31)19-7-5-16(27)10-14(19)2/h4-12H,3,13H2,1-2H3,(H,32,33)(H,28,30,37). The zero-order chi connectivity index (χ0) is 26.7. The number of anilines is 1. The molecule has 0 bridgehead atoms. The number of aryl methyl sites for hydroxylation is 1. The van der Waals surface area contributed by atoms with Crippen LogP contribution >= 0.6 is 28.1 Å². The van der Waals surface area contributed by atoms with Crippen LogP contribution in [-0.2, 0) is 16.2 Å². The number of aromatic carboxylic acids is 1. The molecular weight excluding hydrogens is 564 g/mol. The number of hydrogen-bond donors (Lipinski definition) is 2. The van der Waals surface area contributed by atoms with Gasteiger partial charge in [-0.25, -0.2) is 4.79 Å². The molecule has 0 spiro atoms. The second-order valence-electron chi connectivity index (χ2n) is 7.89. The molecule has 1 saturated heterocycles. The number of rotatable bonds is 8. The van der Waals surface area contributed by atoms with Crippen molar-refractivity contribution >= 4 is 62.8 Å². The van der Waals surface area contributed by atoms with Crippen molar-refractivity contribution in [3.63, 3.8) is 0 Å². The summed E-state index contributed by atoms with van der Waals surface area (Å²) in [6.45, 7) is 3.96. The van der Waals surface area contributed by atoms with Gasteiger partial charge < -0.3 is 19.0 Å². The van der Waals surface area contributed by atoms with Gasteiger partial charge in [-0.05, 0) is 85.7 Å². The molecule has 2 heterocycles. The quantitative estimate of drug-likeness (QED) is 0.219. The van der Waals surface area contributed by atoms with Gasteiger partial charge in [-0.3, -0.25) is 19.8 Å². The van der Waals surface area contributed by atoms with Gasteiger partial charge in [0.15, 0.2) is 16.6 Å². The lowest BCUT2D eigenvalue weighted by Crippen LogP contribution is -2.54. The van der Waals surface area contributed by atoms with Gasteiger partial charge in [-0.15, -0.1) is 0 Å². The molecule has 1 fully saturated rings. The molecule has 2 amide bonds. The summed E-state index contributed by atoms with van der Waals surface area (Å²) in [4.78, 5) is 38.3. The third-order valence-corrected chi connectivity index (χ3v) is 6.10. The maximum atomic E-state index is 13.4. The average Bonchev–Trinajstić information content (AvgIpc) is 3.32. The van der Waals surface area contributed by atoms with E-state index in [0.717, 1.165) is 10.0 Å². The molecule has 190 valence electrons. The summed E-state index contributed by atoms with van der Waals surface area (Å²) >= 11 is 8.69. The van der Waals surface area contributed by atoms with E-state index < -0.39 is 17.8 Å². The summed E-state index contributed by atoms with van der Waals surface area (Å²) in [7, 11) is 0. The van der Waals surface area contributed by atoms with E-state index in [0.29, 0.717) is 35.1 Å². The van der Waals surface area contributed by atoms with Crippen LogP contribution in [0, 0.1) is 6.92 Å². The Morgan fingerprint density at radius 3 is 2.59 bits per heavy atom. The topological polar surface area (TPSA) is 118 Å². The zero-order valence-corrected chi connectivity index (χ0v) is 22.1. The Morgan fingerprint density at radius 1 is 1.14 bits per heavy atom. The molecule has 4 rings (SSSR count). The first kappa shape index (κ1) is 26.1. The third kappa shape index (κ3) is 5.73. The lowest BCUT2D eigenvalue weighted by atomic mass is 10.1. The van der Waals surface area contributed by atoms with Crippen molar-refractivity contribution in [2.75, 3.05) is 11.5 Å². The summed E-state index contributed by atoms with van der Waals surface area (Å²) in [6, 6.07) is 13.2. The first-order valence-corrected chi connectivity index (χ1v) is 12.3. The number of hydrogen-bond acceptors (Lipinski definition) is 7. The van der Waals surface area contributed by atoms with Crippen LogP contribution in [-0.4, -0.2) is 34.6 Å². The van der Waals surface area contributed by atoms with Crippen LogP contribution in [0.15, 0.2) is 63.0 Å². The largest absolute Gasteiger partial charge is 0.490 e. The molecular formula is C26H21BrN2O7S. The van der Waals surface area contributed by atoms with E-state index in [-0.39, 0.29) is 23.1 Å². The van der Waals surface area contributed by atoms with Crippen LogP contribution in [0.4, 0.5) is 5.69 Å². The molecule has 9 nitrogen and oxygen atoms in total. The number of carbonyl (C=O) groups excluding carboxylic acids is 2. The Bertz CT molecular complexity index is 1450. The second kappa shape index (κ2) is 11.0. The van der Waals surface area contributed by atoms with Crippen molar-refractivity contribution in [3.05, 3.63) is 81.2 Å². The number of carbonyl (C=O) groups is 3. The zero-order valence-electron chi connectivity index (χ0n) is 19.7. The van der Waals surface area contributed by atoms with Crippen LogP contribution in [0.2, 0.25) is 0 Å². The van der Waals surface area contributed by atoms with Gasteiger partial charge in [-0.1, -0.05) is 22.0 Å². The summed E-state index contributed by atoms with van der Waals surface area (Å²) in [5.41, 5.74) is 1.80. The van der Waals surface area contributed by atoms with Gasteiger partial charge in [0.05, 0.1) is 12.3 Å². The van der Waals surface area contributed by atoms with Crippen molar-refractivity contribution < 1.29 is 33.4 Å². The molecule has 1 aliphatic rings. The third-order valence-electron chi connectivity index (χ3n) is 5.32. The molecule has 0 saturated carbocycles. The van der Waals surface area contributed by atoms with E-state index in [1.165, 1.54) is 23.1 Å². The van der Waals surface area contributed by atoms with Gasteiger partial charge in [0.25, 0.3) is 11.8 Å². The van der Waals surface area contributed by atoms with Crippen LogP contribution in [0.5, 0.6) is 11.5 Å². The lowest BCUT2D eigenvalue weighted by Gasteiger charge is -2.30. The Balaban J connectivity index is 1.61. The number of carboxylic acids is 1. The molecule has 2 N–H and O–H groups in total. The minimum Gasteiger partial charge on any atom is -0.490 e. The normalized spacial score (nSPS) is 14.6. The average molecular weight is 585 g/mol. The van der Waals surface area contributed by atoms with E-state index in [1.54, 1.807) is 37.3 Å². The molecule has 11 heteroatoms. The monoisotopic (exact) mass is 584 g/mol. The number of nitrogens with zero attached hydrogens (tertiary/aromatic N) is 1. The van der Waals surface area contributed by atoms with E-state index in [4.69, 9.17) is 31.2 Å². The van der Waals surface area contributed by atoms with Crippen LogP contribution in [0.3, 0.4) is 0 Å². The van der Waals surface area contributed by atoms with Crippen LogP contribution in [0.1, 0.15) is 34.4 Å². The second-order valence-corrected chi connectivity index (χ2v) is 9.19. The van der Waals surface area contributed by atoms with E-state index in [9.17, 15) is 14.4 Å². The highest BCUT2D eigenvalue weighted by atomic mass is 79.9. The number of thiocarbonyl (C=S) groups is 1. The number of amides is 2. The Hall–Kier alpha value is -3.96. The molecule has 1 aliphatic heterocycles. The fourth-order valence-electron chi connectivity index (χ4n) is 3.63. The van der Waals surface area contributed by atoms with Crippen LogP contribution < -0.4 is 19.7 Å². The molecule has 2 aromatic carbocycles. The predicted octanol–water partition coefficient (Wildman–Crippen LogP) is 4.86. The molecule has 37 heavy (non-hydrogen) atoms. The highest BCUT2D eigenvalue weighted by Crippen LogP contribution is 2.32. The van der Waals surface area contributed by atoms with Crippen molar-refractivity contribution in [1.82, 2.24) is 5.32 Å². The number of furan rings is 1. The van der Waals surface area contributed by atoms with Gasteiger partial charge in [0.2, 0.25) is 5.76 Å². The highest BCUT2D eigenvalue weighted by Gasteiger charge is 2.35. The molecule has 0 unspecified atom stereocenters. The van der Waals surface area contributed by atoms with Gasteiger partial charge in [-0.2, -0.15) is 0 Å². The van der Waals surface area contributed by atoms with Crippen molar-refractivity contribution in [1.29, 1.82) is 0 Å². The van der Waals surface area contributed by atoms with Crippen LogP contribution in [0.25, 0.3) is 6.08 Å². The number of carboxylic acid groups (broad SMARTS) is 1. The number of nitrogens with one attached hydrogen (secondary N) is 1. The molecule has 0 radical (unpaired) electrons. The van der Waals surface area contributed by atoms with Gasteiger partial charge in [0.1, 0.15) is 17.9 Å². The van der Waals surface area contributed by atoms with Gasteiger partial charge >= 0.3 is 5.97 Å². The van der Waals surface area contributed by atoms with E-state index in [2.05, 4.69) is 21.2 Å². The minimum absolute atomic E-state index is 0.000285. The Kier molecular flexibility index (Phi) is 7.74. The maximum absolute atomic E-state index is 13.4. The summed E-state index contributed by atoms with van der Waals surface area (Å²) in [6.07, 6.45) is 1.46. The lowest BCUT2D eigenvalue weighted by molar-refractivity contribution is -0.122. The first-order valence-electron chi connectivity index (χ1n) is 11.1. The fourth-order valence-corrected chi connectivity index (χ4v) is 4.38. The highest BCUT2D eigenvalue weighted by molar-refractivity contribution is 9.10. The van der Waals surface area contributed by atoms with Gasteiger partial charge in [0, 0.05) is 4.47 Å². The molecule has 1 aromatic heterocycles. The molecule has 0 aliphatic carbocycles. The smallest absolute Gasteiger partial charge is 0.371 e. The fraction of sp³-hybridized carbons (Fsp3) is 0.154. The first-order chi connectivity index (χ1) is 17.7. The molecule has 3 aromatic rings. The Morgan fingerprint density at radius 2 is 1.92 bits per heavy atom. The Labute approximate surface area is 225 Å². The van der Waals surface area contributed by atoms with Crippen molar-refractivity contribution in [2.45, 2.75) is 20.5 Å². The minimum atomic E-state index is -1.17. The number of benzene rings is 2.